The molecule has 0 spiro atoms. The molecule has 1 aliphatic carbocycles. The quantitative estimate of drug-likeness (QED) is 0.142. The lowest BCUT2D eigenvalue weighted by molar-refractivity contribution is 0.418. The lowest BCUT2D eigenvalue weighted by atomic mass is 9.34. The second-order valence-electron chi connectivity index (χ2n) is 16.9. The van der Waals surface area contributed by atoms with Gasteiger partial charge in [-0.05, 0) is 128 Å². The van der Waals surface area contributed by atoms with Gasteiger partial charge in [-0.25, -0.2) is 0 Å². The van der Waals surface area contributed by atoms with Crippen LogP contribution < -0.4 is 30.9 Å². The Bertz CT molecular complexity index is 3040. The van der Waals surface area contributed by atoms with Crippen LogP contribution in [0.2, 0.25) is 0 Å². The van der Waals surface area contributed by atoms with Gasteiger partial charge in [0.2, 0.25) is 0 Å². The Morgan fingerprint density at radius 3 is 1.60 bits per heavy atom. The van der Waals surface area contributed by atoms with Gasteiger partial charge in [-0.2, -0.15) is 0 Å². The maximum atomic E-state index is 6.47. The fraction of sp³-hybridized carbons (Fsp3) is 0.0690. The van der Waals surface area contributed by atoms with Crippen molar-refractivity contribution in [2.24, 2.45) is 0 Å². The Labute approximate surface area is 365 Å². The van der Waals surface area contributed by atoms with Crippen LogP contribution in [-0.4, -0.2) is 13.8 Å². The smallest absolute Gasteiger partial charge is 0.251 e. The third-order valence-electron chi connectivity index (χ3n) is 13.0. The van der Waals surface area contributed by atoms with Crippen LogP contribution in [0.25, 0.3) is 33.4 Å². The fourth-order valence-corrected chi connectivity index (χ4v) is 9.99. The van der Waals surface area contributed by atoms with E-state index in [0.29, 0.717) is 0 Å². The van der Waals surface area contributed by atoms with Crippen molar-refractivity contribution in [3.8, 4) is 39.1 Å². The van der Waals surface area contributed by atoms with Crippen LogP contribution in [0.4, 0.5) is 34.1 Å². The molecule has 11 rings (SSSR count). The molecule has 0 radical (unpaired) electrons. The van der Waals surface area contributed by atoms with E-state index in [1.165, 1.54) is 66.6 Å². The van der Waals surface area contributed by atoms with Crippen LogP contribution in [0.5, 0.6) is 5.75 Å². The third kappa shape index (κ3) is 6.21. The average Bonchev–Trinajstić information content (AvgIpc) is 3.55. The fourth-order valence-electron chi connectivity index (χ4n) is 9.99. The molecule has 4 heteroatoms. The van der Waals surface area contributed by atoms with Crippen LogP contribution in [0.3, 0.4) is 0 Å². The number of ether oxygens (including phenoxy) is 1. The van der Waals surface area contributed by atoms with Crippen molar-refractivity contribution < 1.29 is 4.74 Å². The molecule has 9 aromatic rings. The van der Waals surface area contributed by atoms with Crippen LogP contribution in [0.1, 0.15) is 25.0 Å². The largest absolute Gasteiger partial charge is 0.497 e. The summed E-state index contributed by atoms with van der Waals surface area (Å²) >= 11 is 0. The molecule has 0 fully saturated rings. The first-order valence-corrected chi connectivity index (χ1v) is 21.5. The monoisotopic (exact) mass is 796 g/mol. The highest BCUT2D eigenvalue weighted by atomic mass is 16.5. The van der Waals surface area contributed by atoms with Crippen molar-refractivity contribution in [2.75, 3.05) is 16.9 Å². The van der Waals surface area contributed by atoms with Gasteiger partial charge in [-0.15, -0.1) is 0 Å². The second-order valence-corrected chi connectivity index (χ2v) is 16.9. The van der Waals surface area contributed by atoms with Crippen molar-refractivity contribution in [1.29, 1.82) is 0 Å². The van der Waals surface area contributed by atoms with Crippen molar-refractivity contribution in [3.05, 3.63) is 230 Å². The second kappa shape index (κ2) is 15.2. The Balaban J connectivity index is 1.07. The maximum absolute atomic E-state index is 6.47. The van der Waals surface area contributed by atoms with Crippen molar-refractivity contribution in [1.82, 2.24) is 0 Å². The van der Waals surface area contributed by atoms with Gasteiger partial charge in [-0.3, -0.25) is 0 Å². The third-order valence-corrected chi connectivity index (χ3v) is 13.0. The van der Waals surface area contributed by atoms with Crippen LogP contribution in [-0.2, 0) is 5.41 Å². The summed E-state index contributed by atoms with van der Waals surface area (Å²) in [5.74, 6) is 0.892. The summed E-state index contributed by atoms with van der Waals surface area (Å²) in [5.41, 5.74) is 20.1. The minimum atomic E-state index is -0.282. The average molecular weight is 797 g/mol. The molecule has 0 aromatic heterocycles. The number of fused-ring (bicyclic) bond motifs is 5. The minimum Gasteiger partial charge on any atom is -0.497 e. The predicted octanol–water partition coefficient (Wildman–Crippen LogP) is 13.1. The van der Waals surface area contributed by atoms with E-state index in [1.807, 2.05) is 7.11 Å². The highest BCUT2D eigenvalue weighted by molar-refractivity contribution is 6.98. The summed E-state index contributed by atoms with van der Waals surface area (Å²) in [6.45, 7) is 4.67. The van der Waals surface area contributed by atoms with Gasteiger partial charge in [0.15, 0.2) is 0 Å². The van der Waals surface area contributed by atoms with Gasteiger partial charge >= 0.3 is 0 Å². The van der Waals surface area contributed by atoms with Gasteiger partial charge in [0.1, 0.15) is 5.75 Å². The molecule has 296 valence electrons. The summed E-state index contributed by atoms with van der Waals surface area (Å²) in [6, 6.07) is 79.3. The number of rotatable bonds is 8. The number of anilines is 6. The van der Waals surface area contributed by atoms with E-state index in [4.69, 9.17) is 4.74 Å². The van der Waals surface area contributed by atoms with Gasteiger partial charge in [-0.1, -0.05) is 166 Å². The Morgan fingerprint density at radius 2 is 0.952 bits per heavy atom. The number of methoxy groups -OCH3 is 1. The van der Waals surface area contributed by atoms with Crippen molar-refractivity contribution in [2.45, 2.75) is 19.3 Å². The lowest BCUT2D eigenvalue weighted by Gasteiger charge is -2.38. The molecule has 1 aliphatic heterocycles. The van der Waals surface area contributed by atoms with Gasteiger partial charge < -0.3 is 14.5 Å². The number of hydrogen-bond acceptors (Lipinski definition) is 3. The molecule has 0 amide bonds. The normalized spacial score (nSPS) is 13.1. The molecule has 0 atom stereocenters. The summed E-state index contributed by atoms with van der Waals surface area (Å²) < 4.78 is 6.47. The molecule has 62 heavy (non-hydrogen) atoms. The zero-order valence-corrected chi connectivity index (χ0v) is 35.2. The van der Waals surface area contributed by atoms with Crippen LogP contribution in [0, 0.1) is 0 Å². The van der Waals surface area contributed by atoms with E-state index in [2.05, 4.69) is 242 Å². The Hall–Kier alpha value is -7.56. The molecule has 2 aliphatic rings. The SMILES string of the molecule is COc1cc2c(cc1B1c3ccccc3N(c3ccc(-c4ccccc4)cc3)c3ccc(-c4ccccc4)cc31)C(C)(C)c1cc(N(c3ccccc3)c3ccccc3)ccc1-2. The maximum Gasteiger partial charge on any atom is 0.251 e. The summed E-state index contributed by atoms with van der Waals surface area (Å²) in [7, 11) is 1.82. The molecular weight excluding hydrogens is 751 g/mol. The van der Waals surface area contributed by atoms with Gasteiger partial charge in [0.05, 0.1) is 7.11 Å². The molecule has 1 heterocycles. The highest BCUT2D eigenvalue weighted by Gasteiger charge is 2.41. The number of para-hydroxylation sites is 3. The van der Waals surface area contributed by atoms with Crippen LogP contribution >= 0.6 is 0 Å². The minimum absolute atomic E-state index is 0.0910. The van der Waals surface area contributed by atoms with Crippen molar-refractivity contribution >= 4 is 57.2 Å². The van der Waals surface area contributed by atoms with E-state index in [1.54, 1.807) is 0 Å². The number of benzene rings is 9. The van der Waals surface area contributed by atoms with Gasteiger partial charge in [0.25, 0.3) is 6.71 Å². The van der Waals surface area contributed by atoms with E-state index in [0.717, 1.165) is 34.2 Å². The molecule has 0 saturated carbocycles. The topological polar surface area (TPSA) is 15.7 Å². The highest BCUT2D eigenvalue weighted by Crippen LogP contribution is 2.51. The molecule has 0 unspecified atom stereocenters. The van der Waals surface area contributed by atoms with Crippen molar-refractivity contribution in [3.63, 3.8) is 0 Å². The van der Waals surface area contributed by atoms with E-state index in [9.17, 15) is 0 Å². The summed E-state index contributed by atoms with van der Waals surface area (Å²) in [5, 5.41) is 0. The van der Waals surface area contributed by atoms with E-state index in [-0.39, 0.29) is 12.1 Å². The first-order valence-electron chi connectivity index (χ1n) is 21.5. The first-order chi connectivity index (χ1) is 30.5. The zero-order chi connectivity index (χ0) is 41.8. The van der Waals surface area contributed by atoms with Crippen LogP contribution in [0.15, 0.2) is 218 Å². The predicted molar refractivity (Wildman–Crippen MR) is 262 cm³/mol. The summed E-state index contributed by atoms with van der Waals surface area (Å²) in [6.07, 6.45) is 0. The molecule has 0 bridgehead atoms. The standard InChI is InChI=1S/C58H45BN2O/c1-58(2)50-37-47(60(44-22-12-6-13-23-44)45-24-14-7-15-25-45)33-34-48(50)49-38-57(62-3)54(39-51(49)58)59-52-26-16-17-27-55(52)61(46-31-28-42(29-32-46)40-18-8-4-9-19-40)56-35-30-43(36-53(56)59)41-20-10-5-11-21-41/h4-39H,1-3H3. The zero-order valence-electron chi connectivity index (χ0n) is 35.2. The lowest BCUT2D eigenvalue weighted by Crippen LogP contribution is -2.57. The molecule has 3 nitrogen and oxygen atoms in total. The number of hydrogen-bond donors (Lipinski definition) is 0. The molecule has 9 aromatic carbocycles. The number of nitrogens with zero attached hydrogens (tertiary/aromatic N) is 2. The Kier molecular flexibility index (Phi) is 9.16. The molecule has 0 N–H and O–H groups in total. The Morgan fingerprint density at radius 1 is 0.419 bits per heavy atom. The molecular formula is C58H45BN2O. The molecule has 0 saturated heterocycles. The van der Waals surface area contributed by atoms with E-state index >= 15 is 0 Å². The van der Waals surface area contributed by atoms with Gasteiger partial charge in [0, 0.05) is 39.5 Å². The summed E-state index contributed by atoms with van der Waals surface area (Å²) in [4.78, 5) is 4.80. The first kappa shape index (κ1) is 37.4. The van der Waals surface area contributed by atoms with E-state index < -0.39 is 0 Å².